The number of ether oxygens (including phenoxy) is 1. The second-order valence-corrected chi connectivity index (χ2v) is 7.96. The van der Waals surface area contributed by atoms with Gasteiger partial charge in [0.25, 0.3) is 11.9 Å². The summed E-state index contributed by atoms with van der Waals surface area (Å²) < 4.78 is 24.7. The third-order valence-corrected chi connectivity index (χ3v) is 5.81. The van der Waals surface area contributed by atoms with Crippen molar-refractivity contribution < 1.29 is 18.4 Å². The van der Waals surface area contributed by atoms with E-state index >= 15 is 0 Å². The first kappa shape index (κ1) is 17.7. The maximum Gasteiger partial charge on any atom is 0.266 e. The number of carbonyl (C=O) groups excluding carboxylic acids is 1. The largest absolute Gasteiger partial charge is 0.377 e. The number of piperazine rings is 1. The van der Waals surface area contributed by atoms with Crippen molar-refractivity contribution in [2.24, 2.45) is 0 Å². The number of carbonyl (C=O) groups is 1. The maximum absolute atomic E-state index is 14.0. The molecule has 1 aliphatic carbocycles. The summed E-state index contributed by atoms with van der Waals surface area (Å²) in [5.41, 5.74) is -1.60. The molecule has 1 saturated carbocycles. The number of aromatic nitrogens is 2. The summed E-state index contributed by atoms with van der Waals surface area (Å²) in [6.07, 6.45) is 3.68. The monoisotopic (exact) mass is 392 g/mol. The fourth-order valence-corrected chi connectivity index (χ4v) is 3.76. The minimum atomic E-state index is -1.60. The van der Waals surface area contributed by atoms with Gasteiger partial charge in [-0.3, -0.25) is 4.79 Å². The SMILES string of the molecule is O=C(N1CCN(c2noc(C3C=C(NC4COC4)NCC3)n2)CC1)C1(F)CC1. The zero-order valence-corrected chi connectivity index (χ0v) is 15.7. The third-order valence-electron chi connectivity index (χ3n) is 5.81. The van der Waals surface area contributed by atoms with Gasteiger partial charge in [0, 0.05) is 32.7 Å². The summed E-state index contributed by atoms with van der Waals surface area (Å²) >= 11 is 0. The van der Waals surface area contributed by atoms with E-state index in [2.05, 4.69) is 26.9 Å². The van der Waals surface area contributed by atoms with E-state index in [-0.39, 0.29) is 11.8 Å². The molecule has 4 aliphatic rings. The Bertz CT molecular complexity index is 767. The van der Waals surface area contributed by atoms with Crippen LogP contribution in [0.3, 0.4) is 0 Å². The normalized spacial score (nSPS) is 26.9. The van der Waals surface area contributed by atoms with Crippen LogP contribution in [0.4, 0.5) is 10.3 Å². The molecule has 10 heteroatoms. The highest BCUT2D eigenvalue weighted by atomic mass is 19.1. The molecule has 1 atom stereocenters. The Balaban J connectivity index is 1.19. The van der Waals surface area contributed by atoms with Crippen LogP contribution in [0.1, 0.15) is 31.1 Å². The summed E-state index contributed by atoms with van der Waals surface area (Å²) in [6, 6.07) is 0.355. The average molecular weight is 392 g/mol. The fourth-order valence-electron chi connectivity index (χ4n) is 3.76. The van der Waals surface area contributed by atoms with Gasteiger partial charge in [-0.15, -0.1) is 0 Å². The molecule has 5 rings (SSSR count). The Morgan fingerprint density at radius 2 is 2.07 bits per heavy atom. The highest BCUT2D eigenvalue weighted by Crippen LogP contribution is 2.41. The highest BCUT2D eigenvalue weighted by Gasteiger charge is 2.53. The van der Waals surface area contributed by atoms with Crippen LogP contribution in [0.25, 0.3) is 0 Å². The molecule has 4 heterocycles. The number of amides is 1. The van der Waals surface area contributed by atoms with E-state index in [1.807, 2.05) is 4.90 Å². The number of nitrogens with one attached hydrogen (secondary N) is 2. The number of nitrogens with zero attached hydrogens (tertiary/aromatic N) is 4. The van der Waals surface area contributed by atoms with Crippen LogP contribution in [0.15, 0.2) is 16.4 Å². The lowest BCUT2D eigenvalue weighted by atomic mass is 10.0. The van der Waals surface area contributed by atoms with Crippen LogP contribution in [-0.2, 0) is 9.53 Å². The molecule has 1 amide bonds. The van der Waals surface area contributed by atoms with Gasteiger partial charge in [0.2, 0.25) is 5.89 Å². The number of rotatable bonds is 5. The Morgan fingerprint density at radius 3 is 2.75 bits per heavy atom. The van der Waals surface area contributed by atoms with Crippen molar-refractivity contribution in [3.05, 3.63) is 17.8 Å². The summed E-state index contributed by atoms with van der Waals surface area (Å²) in [4.78, 5) is 20.3. The second-order valence-electron chi connectivity index (χ2n) is 7.96. The minimum absolute atomic E-state index is 0.0649. The molecule has 3 fully saturated rings. The molecule has 0 aromatic carbocycles. The van der Waals surface area contributed by atoms with Gasteiger partial charge in [-0.2, -0.15) is 4.98 Å². The van der Waals surface area contributed by atoms with Crippen molar-refractivity contribution in [1.82, 2.24) is 25.7 Å². The van der Waals surface area contributed by atoms with Gasteiger partial charge in [0.05, 0.1) is 31.0 Å². The van der Waals surface area contributed by atoms with Crippen LogP contribution < -0.4 is 15.5 Å². The Labute approximate surface area is 162 Å². The molecule has 1 unspecified atom stereocenters. The lowest BCUT2D eigenvalue weighted by Crippen LogP contribution is -2.51. The van der Waals surface area contributed by atoms with E-state index in [1.165, 1.54) is 0 Å². The number of anilines is 1. The molecule has 152 valence electrons. The van der Waals surface area contributed by atoms with E-state index in [0.717, 1.165) is 32.0 Å². The van der Waals surface area contributed by atoms with E-state index in [9.17, 15) is 9.18 Å². The van der Waals surface area contributed by atoms with Gasteiger partial charge in [-0.05, 0) is 30.5 Å². The van der Waals surface area contributed by atoms with Gasteiger partial charge < -0.3 is 29.7 Å². The van der Waals surface area contributed by atoms with Gasteiger partial charge in [-0.1, -0.05) is 0 Å². The molecule has 0 radical (unpaired) electrons. The highest BCUT2D eigenvalue weighted by molar-refractivity contribution is 5.88. The van der Waals surface area contributed by atoms with Gasteiger partial charge in [0.1, 0.15) is 0 Å². The molecule has 0 spiro atoms. The van der Waals surface area contributed by atoms with Crippen molar-refractivity contribution in [2.45, 2.75) is 36.9 Å². The standard InChI is InChI=1S/C18H25FN6O3/c19-18(2-3-18)16(26)24-5-7-25(8-6-24)17-22-15(28-23-17)12-1-4-20-14(9-12)21-13-10-27-11-13/h9,12-13,20-21H,1-8,10-11H2. The van der Waals surface area contributed by atoms with Gasteiger partial charge >= 0.3 is 0 Å². The van der Waals surface area contributed by atoms with E-state index < -0.39 is 5.67 Å². The van der Waals surface area contributed by atoms with Gasteiger partial charge in [-0.25, -0.2) is 4.39 Å². The number of halogens is 1. The number of alkyl halides is 1. The van der Waals surface area contributed by atoms with Crippen LogP contribution in [0.2, 0.25) is 0 Å². The molecular weight excluding hydrogens is 367 g/mol. The molecule has 2 N–H and O–H groups in total. The average Bonchev–Trinajstić information content (AvgIpc) is 3.26. The summed E-state index contributed by atoms with van der Waals surface area (Å²) in [7, 11) is 0. The quantitative estimate of drug-likeness (QED) is 0.730. The smallest absolute Gasteiger partial charge is 0.266 e. The first-order chi connectivity index (χ1) is 13.6. The molecule has 1 aromatic rings. The number of hydrogen-bond donors (Lipinski definition) is 2. The molecular formula is C18H25FN6O3. The van der Waals surface area contributed by atoms with Crippen molar-refractivity contribution >= 4 is 11.9 Å². The second kappa shape index (κ2) is 6.91. The van der Waals surface area contributed by atoms with Crippen LogP contribution in [-0.4, -0.2) is 78.6 Å². The summed E-state index contributed by atoms with van der Waals surface area (Å²) in [6.45, 7) is 4.42. The minimum Gasteiger partial charge on any atom is -0.377 e. The third kappa shape index (κ3) is 3.41. The fraction of sp³-hybridized carbons (Fsp3) is 0.722. The van der Waals surface area contributed by atoms with Gasteiger partial charge in [0.15, 0.2) is 5.67 Å². The van der Waals surface area contributed by atoms with Crippen LogP contribution in [0, 0.1) is 0 Å². The first-order valence-electron chi connectivity index (χ1n) is 9.97. The number of allylic oxidation sites excluding steroid dienone is 1. The Hall–Kier alpha value is -2.36. The molecule has 1 aromatic heterocycles. The molecule has 9 nitrogen and oxygen atoms in total. The predicted molar refractivity (Wildman–Crippen MR) is 97.4 cm³/mol. The van der Waals surface area contributed by atoms with Crippen molar-refractivity contribution in [1.29, 1.82) is 0 Å². The van der Waals surface area contributed by atoms with Crippen molar-refractivity contribution in [3.8, 4) is 0 Å². The molecule has 0 bridgehead atoms. The molecule has 2 saturated heterocycles. The zero-order valence-electron chi connectivity index (χ0n) is 15.7. The van der Waals surface area contributed by atoms with Crippen LogP contribution >= 0.6 is 0 Å². The zero-order chi connectivity index (χ0) is 19.1. The molecule has 28 heavy (non-hydrogen) atoms. The number of hydrogen-bond acceptors (Lipinski definition) is 8. The lowest BCUT2D eigenvalue weighted by Gasteiger charge is -2.34. The van der Waals surface area contributed by atoms with Crippen LogP contribution in [0.5, 0.6) is 0 Å². The topological polar surface area (TPSA) is 95.8 Å². The molecule has 3 aliphatic heterocycles. The van der Waals surface area contributed by atoms with E-state index in [0.29, 0.717) is 56.9 Å². The van der Waals surface area contributed by atoms with E-state index in [4.69, 9.17) is 9.26 Å². The Morgan fingerprint density at radius 1 is 1.29 bits per heavy atom. The van der Waals surface area contributed by atoms with Crippen molar-refractivity contribution in [3.63, 3.8) is 0 Å². The first-order valence-corrected chi connectivity index (χ1v) is 9.97. The predicted octanol–water partition coefficient (Wildman–Crippen LogP) is 0.127. The lowest BCUT2D eigenvalue weighted by molar-refractivity contribution is -0.138. The van der Waals surface area contributed by atoms with E-state index in [1.54, 1.807) is 4.90 Å². The Kier molecular flexibility index (Phi) is 4.37. The maximum atomic E-state index is 14.0. The summed E-state index contributed by atoms with van der Waals surface area (Å²) in [5.74, 6) is 1.82. The summed E-state index contributed by atoms with van der Waals surface area (Å²) in [5, 5.41) is 10.9. The van der Waals surface area contributed by atoms with Crippen molar-refractivity contribution in [2.75, 3.05) is 50.8 Å².